The third-order valence-corrected chi connectivity index (χ3v) is 3.01. The summed E-state index contributed by atoms with van der Waals surface area (Å²) < 4.78 is 5.25. The van der Waals surface area contributed by atoms with Gasteiger partial charge in [-0.1, -0.05) is 6.07 Å². The molecule has 0 bridgehead atoms. The van der Waals surface area contributed by atoms with E-state index in [9.17, 15) is 4.79 Å². The second-order valence-corrected chi connectivity index (χ2v) is 4.75. The van der Waals surface area contributed by atoms with Crippen LogP contribution < -0.4 is 10.2 Å². The van der Waals surface area contributed by atoms with Crippen LogP contribution in [0.25, 0.3) is 0 Å². The number of hydrogen-bond acceptors (Lipinski definition) is 3. The molecule has 19 heavy (non-hydrogen) atoms. The number of carbonyl (C=O) groups excluding carboxylic acids is 1. The van der Waals surface area contributed by atoms with Gasteiger partial charge in [-0.15, -0.1) is 0 Å². The van der Waals surface area contributed by atoms with Gasteiger partial charge in [0.1, 0.15) is 5.76 Å². The number of rotatable bonds is 3. The van der Waals surface area contributed by atoms with Gasteiger partial charge >= 0.3 is 0 Å². The fourth-order valence-electron chi connectivity index (χ4n) is 1.97. The highest BCUT2D eigenvalue weighted by Crippen LogP contribution is 2.20. The number of carbonyl (C=O) groups is 1. The number of furan rings is 1. The highest BCUT2D eigenvalue weighted by atomic mass is 16.3. The molecule has 2 aromatic rings. The summed E-state index contributed by atoms with van der Waals surface area (Å²) in [5, 5.41) is 2.90. The van der Waals surface area contributed by atoms with Crippen LogP contribution in [0, 0.1) is 13.8 Å². The summed E-state index contributed by atoms with van der Waals surface area (Å²) >= 11 is 0. The third kappa shape index (κ3) is 2.78. The first-order valence-electron chi connectivity index (χ1n) is 6.12. The molecule has 1 N–H and O–H groups in total. The van der Waals surface area contributed by atoms with Crippen LogP contribution in [0.2, 0.25) is 0 Å². The van der Waals surface area contributed by atoms with Gasteiger partial charge in [-0.2, -0.15) is 0 Å². The zero-order valence-corrected chi connectivity index (χ0v) is 11.7. The van der Waals surface area contributed by atoms with E-state index in [1.807, 2.05) is 50.2 Å². The van der Waals surface area contributed by atoms with Gasteiger partial charge in [0.2, 0.25) is 0 Å². The molecule has 0 spiro atoms. The van der Waals surface area contributed by atoms with Gasteiger partial charge in [0.25, 0.3) is 5.91 Å². The maximum Gasteiger partial charge on any atom is 0.259 e. The Morgan fingerprint density at radius 2 is 2.00 bits per heavy atom. The van der Waals surface area contributed by atoms with Crippen molar-refractivity contribution >= 4 is 17.3 Å². The molecule has 1 heterocycles. The molecular formula is C15H18N2O2. The quantitative estimate of drug-likeness (QED) is 0.919. The molecule has 0 atom stereocenters. The second kappa shape index (κ2) is 5.18. The Labute approximate surface area is 113 Å². The molecular weight excluding hydrogens is 240 g/mol. The van der Waals surface area contributed by atoms with Crippen LogP contribution >= 0.6 is 0 Å². The van der Waals surface area contributed by atoms with Crippen molar-refractivity contribution in [3.63, 3.8) is 0 Å². The van der Waals surface area contributed by atoms with Crippen LogP contribution in [-0.2, 0) is 0 Å². The maximum atomic E-state index is 12.2. The van der Waals surface area contributed by atoms with Crippen LogP contribution in [0.1, 0.15) is 21.7 Å². The van der Waals surface area contributed by atoms with Crippen molar-refractivity contribution in [3.8, 4) is 0 Å². The standard InChI is InChI=1S/C15H18N2O2/c1-10-9-19-11(2)14(10)15(18)16-12-6-5-7-13(8-12)17(3)4/h5-9H,1-4H3,(H,16,18). The number of anilines is 2. The van der Waals surface area contributed by atoms with Gasteiger partial charge in [-0.05, 0) is 32.0 Å². The van der Waals surface area contributed by atoms with Crippen molar-refractivity contribution < 1.29 is 9.21 Å². The summed E-state index contributed by atoms with van der Waals surface area (Å²) in [6, 6.07) is 7.71. The van der Waals surface area contributed by atoms with E-state index in [1.54, 1.807) is 13.2 Å². The number of nitrogens with zero attached hydrogens (tertiary/aromatic N) is 1. The zero-order chi connectivity index (χ0) is 14.0. The largest absolute Gasteiger partial charge is 0.469 e. The zero-order valence-electron chi connectivity index (χ0n) is 11.7. The third-order valence-electron chi connectivity index (χ3n) is 3.01. The highest BCUT2D eigenvalue weighted by Gasteiger charge is 2.15. The minimum absolute atomic E-state index is 0.139. The first kappa shape index (κ1) is 13.2. The number of hydrogen-bond donors (Lipinski definition) is 1. The summed E-state index contributed by atoms with van der Waals surface area (Å²) in [5.74, 6) is 0.499. The van der Waals surface area contributed by atoms with E-state index in [0.29, 0.717) is 11.3 Å². The lowest BCUT2D eigenvalue weighted by molar-refractivity contribution is 0.102. The van der Waals surface area contributed by atoms with Gasteiger partial charge in [0, 0.05) is 31.0 Å². The summed E-state index contributed by atoms with van der Waals surface area (Å²) in [6.07, 6.45) is 1.60. The number of amides is 1. The molecule has 2 rings (SSSR count). The van der Waals surface area contributed by atoms with Crippen molar-refractivity contribution in [2.45, 2.75) is 13.8 Å². The fourth-order valence-corrected chi connectivity index (χ4v) is 1.97. The van der Waals surface area contributed by atoms with Crippen molar-refractivity contribution in [2.24, 2.45) is 0 Å². The van der Waals surface area contributed by atoms with Crippen LogP contribution in [0.4, 0.5) is 11.4 Å². The molecule has 0 saturated carbocycles. The van der Waals surface area contributed by atoms with Crippen molar-refractivity contribution in [2.75, 3.05) is 24.3 Å². The molecule has 0 fully saturated rings. The molecule has 1 aromatic heterocycles. The summed E-state index contributed by atoms with van der Waals surface area (Å²) in [6.45, 7) is 3.65. The molecule has 0 radical (unpaired) electrons. The molecule has 1 aromatic carbocycles. The van der Waals surface area contributed by atoms with E-state index in [0.717, 1.165) is 16.9 Å². The van der Waals surface area contributed by atoms with E-state index >= 15 is 0 Å². The van der Waals surface area contributed by atoms with Crippen LogP contribution in [0.15, 0.2) is 34.9 Å². The van der Waals surface area contributed by atoms with E-state index < -0.39 is 0 Å². The van der Waals surface area contributed by atoms with E-state index in [4.69, 9.17) is 4.42 Å². The first-order chi connectivity index (χ1) is 8.99. The Balaban J connectivity index is 2.22. The van der Waals surface area contributed by atoms with Crippen molar-refractivity contribution in [1.82, 2.24) is 0 Å². The molecule has 4 heteroatoms. The molecule has 0 aliphatic carbocycles. The molecule has 0 aliphatic heterocycles. The Hall–Kier alpha value is -2.23. The summed E-state index contributed by atoms with van der Waals surface area (Å²) in [5.41, 5.74) is 3.27. The lowest BCUT2D eigenvalue weighted by Crippen LogP contribution is -2.14. The van der Waals surface area contributed by atoms with Crippen molar-refractivity contribution in [1.29, 1.82) is 0 Å². The average Bonchev–Trinajstić information content (AvgIpc) is 2.69. The Kier molecular flexibility index (Phi) is 3.60. The summed E-state index contributed by atoms with van der Waals surface area (Å²) in [4.78, 5) is 14.2. The first-order valence-corrected chi connectivity index (χ1v) is 6.12. The smallest absolute Gasteiger partial charge is 0.259 e. The Morgan fingerprint density at radius 1 is 1.26 bits per heavy atom. The summed E-state index contributed by atoms with van der Waals surface area (Å²) in [7, 11) is 3.93. The van der Waals surface area contributed by atoms with Gasteiger partial charge in [-0.25, -0.2) is 0 Å². The van der Waals surface area contributed by atoms with Gasteiger partial charge in [-0.3, -0.25) is 4.79 Å². The molecule has 100 valence electrons. The van der Waals surface area contributed by atoms with Gasteiger partial charge in [0.15, 0.2) is 0 Å². The van der Waals surface area contributed by atoms with Gasteiger partial charge < -0.3 is 14.6 Å². The highest BCUT2D eigenvalue weighted by molar-refractivity contribution is 6.06. The Bertz CT molecular complexity index is 580. The lowest BCUT2D eigenvalue weighted by atomic mass is 10.1. The lowest BCUT2D eigenvalue weighted by Gasteiger charge is -2.14. The molecule has 0 aliphatic rings. The molecule has 4 nitrogen and oxygen atoms in total. The number of benzene rings is 1. The monoisotopic (exact) mass is 258 g/mol. The molecule has 1 amide bonds. The van der Waals surface area contributed by atoms with Crippen molar-refractivity contribution in [3.05, 3.63) is 47.4 Å². The Morgan fingerprint density at radius 3 is 2.58 bits per heavy atom. The van der Waals surface area contributed by atoms with E-state index in [2.05, 4.69) is 5.32 Å². The van der Waals surface area contributed by atoms with Gasteiger partial charge in [0.05, 0.1) is 11.8 Å². The predicted molar refractivity (Wildman–Crippen MR) is 76.9 cm³/mol. The topological polar surface area (TPSA) is 45.5 Å². The van der Waals surface area contributed by atoms with E-state index in [-0.39, 0.29) is 5.91 Å². The SMILES string of the molecule is Cc1coc(C)c1C(=O)Nc1cccc(N(C)C)c1. The normalized spacial score (nSPS) is 10.3. The minimum Gasteiger partial charge on any atom is -0.469 e. The maximum absolute atomic E-state index is 12.2. The van der Waals surface area contributed by atoms with Crippen LogP contribution in [-0.4, -0.2) is 20.0 Å². The fraction of sp³-hybridized carbons (Fsp3) is 0.267. The average molecular weight is 258 g/mol. The molecule has 0 unspecified atom stereocenters. The van der Waals surface area contributed by atoms with E-state index in [1.165, 1.54) is 0 Å². The van der Waals surface area contributed by atoms with Crippen LogP contribution in [0.3, 0.4) is 0 Å². The number of nitrogens with one attached hydrogen (secondary N) is 1. The minimum atomic E-state index is -0.139. The molecule has 0 saturated heterocycles. The predicted octanol–water partition coefficient (Wildman–Crippen LogP) is 3.21. The number of aryl methyl sites for hydroxylation is 2. The van der Waals surface area contributed by atoms with Crippen LogP contribution in [0.5, 0.6) is 0 Å². The second-order valence-electron chi connectivity index (χ2n) is 4.75.